The van der Waals surface area contributed by atoms with Gasteiger partial charge in [-0.05, 0) is 79.6 Å². The Bertz CT molecular complexity index is 942. The zero-order chi connectivity index (χ0) is 19.7. The predicted octanol–water partition coefficient (Wildman–Crippen LogP) is 3.91. The molecule has 0 bridgehead atoms. The molecule has 0 aromatic heterocycles. The average molecular weight is 384 g/mol. The van der Waals surface area contributed by atoms with Crippen LogP contribution < -0.4 is 10.2 Å². The molecule has 140 valence electrons. The molecular formula is C20H20N2O4S. The standard InChI is InChI=1S/C20H20N2O4S/c1-11-4-5-14(8-12(11)2)22-19(25)17(27-20(22)26)10-18(24)21-16-7-6-15(23)9-13(16)3/h4-9,17,23H,10H2,1-3H3,(H,21,24). The minimum Gasteiger partial charge on any atom is -0.508 e. The molecule has 2 aromatic rings. The van der Waals surface area contributed by atoms with Crippen molar-refractivity contribution in [3.05, 3.63) is 53.1 Å². The summed E-state index contributed by atoms with van der Waals surface area (Å²) < 4.78 is 0. The van der Waals surface area contributed by atoms with Gasteiger partial charge in [0.1, 0.15) is 11.0 Å². The van der Waals surface area contributed by atoms with Crippen LogP contribution in [-0.2, 0) is 9.59 Å². The number of hydrogen-bond donors (Lipinski definition) is 2. The fraction of sp³-hybridized carbons (Fsp3) is 0.250. The highest BCUT2D eigenvalue weighted by Gasteiger charge is 2.41. The first kappa shape index (κ1) is 19.0. The van der Waals surface area contributed by atoms with E-state index in [2.05, 4.69) is 5.32 Å². The number of carbonyl (C=O) groups excluding carboxylic acids is 3. The van der Waals surface area contributed by atoms with Crippen LogP contribution in [0, 0.1) is 20.8 Å². The number of aryl methyl sites for hydroxylation is 3. The third kappa shape index (κ3) is 3.98. The molecule has 0 aliphatic carbocycles. The molecule has 0 radical (unpaired) electrons. The van der Waals surface area contributed by atoms with E-state index in [9.17, 15) is 19.5 Å². The van der Waals surface area contributed by atoms with Crippen LogP contribution in [0.25, 0.3) is 0 Å². The number of nitrogens with one attached hydrogen (secondary N) is 1. The Morgan fingerprint density at radius 2 is 1.81 bits per heavy atom. The van der Waals surface area contributed by atoms with Gasteiger partial charge in [0.2, 0.25) is 11.8 Å². The topological polar surface area (TPSA) is 86.7 Å². The Balaban J connectivity index is 1.71. The van der Waals surface area contributed by atoms with E-state index in [1.807, 2.05) is 19.9 Å². The highest BCUT2D eigenvalue weighted by atomic mass is 32.2. The second-order valence-corrected chi connectivity index (χ2v) is 7.72. The quantitative estimate of drug-likeness (QED) is 0.781. The van der Waals surface area contributed by atoms with E-state index in [1.54, 1.807) is 25.1 Å². The maximum atomic E-state index is 12.7. The van der Waals surface area contributed by atoms with E-state index < -0.39 is 5.25 Å². The first-order valence-electron chi connectivity index (χ1n) is 8.47. The monoisotopic (exact) mass is 384 g/mol. The molecule has 0 saturated carbocycles. The SMILES string of the molecule is Cc1ccc(N2C(=O)SC(CC(=O)Nc3ccc(O)cc3C)C2=O)cc1C. The number of phenols is 1. The number of phenolic OH excluding ortho intramolecular Hbond substituents is 1. The second-order valence-electron chi connectivity index (χ2n) is 6.57. The molecule has 1 fully saturated rings. The lowest BCUT2D eigenvalue weighted by Gasteiger charge is -2.15. The Kier molecular flexibility index (Phi) is 5.23. The van der Waals surface area contributed by atoms with Gasteiger partial charge in [0.05, 0.1) is 5.69 Å². The molecule has 7 heteroatoms. The van der Waals surface area contributed by atoms with Crippen molar-refractivity contribution in [3.8, 4) is 5.75 Å². The fourth-order valence-electron chi connectivity index (χ4n) is 2.84. The molecule has 3 amide bonds. The highest BCUT2D eigenvalue weighted by Crippen LogP contribution is 2.34. The van der Waals surface area contributed by atoms with Gasteiger partial charge in [-0.2, -0.15) is 0 Å². The summed E-state index contributed by atoms with van der Waals surface area (Å²) in [5.74, 6) is -0.628. The molecule has 1 unspecified atom stereocenters. The van der Waals surface area contributed by atoms with Gasteiger partial charge in [-0.15, -0.1) is 0 Å². The van der Waals surface area contributed by atoms with Gasteiger partial charge in [-0.25, -0.2) is 4.90 Å². The molecule has 27 heavy (non-hydrogen) atoms. The van der Waals surface area contributed by atoms with E-state index in [0.717, 1.165) is 27.8 Å². The zero-order valence-electron chi connectivity index (χ0n) is 15.3. The van der Waals surface area contributed by atoms with E-state index in [0.29, 0.717) is 16.9 Å². The Labute approximate surface area is 161 Å². The van der Waals surface area contributed by atoms with Crippen LogP contribution in [0.3, 0.4) is 0 Å². The Morgan fingerprint density at radius 1 is 1.07 bits per heavy atom. The van der Waals surface area contributed by atoms with Crippen molar-refractivity contribution >= 4 is 40.2 Å². The second kappa shape index (κ2) is 7.44. The molecule has 1 aliphatic rings. The first-order valence-corrected chi connectivity index (χ1v) is 9.35. The average Bonchev–Trinajstić information content (AvgIpc) is 2.86. The van der Waals surface area contributed by atoms with Crippen molar-refractivity contribution in [1.29, 1.82) is 0 Å². The van der Waals surface area contributed by atoms with Gasteiger partial charge in [0.15, 0.2) is 0 Å². The highest BCUT2D eigenvalue weighted by molar-refractivity contribution is 8.15. The number of nitrogens with zero attached hydrogens (tertiary/aromatic N) is 1. The fourth-order valence-corrected chi connectivity index (χ4v) is 3.83. The number of anilines is 2. The number of carbonyl (C=O) groups is 3. The lowest BCUT2D eigenvalue weighted by molar-refractivity contribution is -0.121. The number of imide groups is 1. The van der Waals surface area contributed by atoms with Gasteiger partial charge in [0, 0.05) is 12.1 Å². The van der Waals surface area contributed by atoms with E-state index >= 15 is 0 Å². The molecule has 0 spiro atoms. The normalized spacial score (nSPS) is 16.7. The van der Waals surface area contributed by atoms with Crippen LogP contribution in [0.5, 0.6) is 5.75 Å². The molecular weight excluding hydrogens is 364 g/mol. The minimum absolute atomic E-state index is 0.100. The third-order valence-electron chi connectivity index (χ3n) is 4.53. The van der Waals surface area contributed by atoms with E-state index in [1.165, 1.54) is 12.1 Å². The molecule has 1 saturated heterocycles. The molecule has 1 heterocycles. The van der Waals surface area contributed by atoms with Gasteiger partial charge in [-0.1, -0.05) is 6.07 Å². The molecule has 1 aliphatic heterocycles. The van der Waals surface area contributed by atoms with Gasteiger partial charge < -0.3 is 10.4 Å². The lowest BCUT2D eigenvalue weighted by Crippen LogP contribution is -2.33. The van der Waals surface area contributed by atoms with Crippen LogP contribution in [0.2, 0.25) is 0 Å². The zero-order valence-corrected chi connectivity index (χ0v) is 16.1. The summed E-state index contributed by atoms with van der Waals surface area (Å²) >= 11 is 0.869. The van der Waals surface area contributed by atoms with Crippen molar-refractivity contribution in [1.82, 2.24) is 0 Å². The van der Waals surface area contributed by atoms with E-state index in [4.69, 9.17) is 0 Å². The number of hydrogen-bond acceptors (Lipinski definition) is 5. The van der Waals surface area contributed by atoms with Gasteiger partial charge in [-0.3, -0.25) is 14.4 Å². The Morgan fingerprint density at radius 3 is 2.48 bits per heavy atom. The maximum Gasteiger partial charge on any atom is 0.293 e. The summed E-state index contributed by atoms with van der Waals surface area (Å²) in [6.45, 7) is 5.64. The van der Waals surface area contributed by atoms with Crippen LogP contribution >= 0.6 is 11.8 Å². The first-order chi connectivity index (χ1) is 12.8. The molecule has 6 nitrogen and oxygen atoms in total. The molecule has 3 rings (SSSR count). The molecule has 2 N–H and O–H groups in total. The van der Waals surface area contributed by atoms with Crippen molar-refractivity contribution < 1.29 is 19.5 Å². The number of aromatic hydroxyl groups is 1. The van der Waals surface area contributed by atoms with Crippen molar-refractivity contribution in [2.24, 2.45) is 0 Å². The van der Waals surface area contributed by atoms with Crippen LogP contribution in [-0.4, -0.2) is 27.4 Å². The van der Waals surface area contributed by atoms with Crippen LogP contribution in [0.1, 0.15) is 23.1 Å². The number of benzene rings is 2. The summed E-state index contributed by atoms with van der Waals surface area (Å²) in [6.07, 6.45) is -0.100. The summed E-state index contributed by atoms with van der Waals surface area (Å²) in [5, 5.41) is 11.0. The number of amides is 3. The number of thioether (sulfide) groups is 1. The van der Waals surface area contributed by atoms with E-state index in [-0.39, 0.29) is 29.2 Å². The predicted molar refractivity (Wildman–Crippen MR) is 106 cm³/mol. The molecule has 2 aromatic carbocycles. The van der Waals surface area contributed by atoms with Crippen molar-refractivity contribution in [3.63, 3.8) is 0 Å². The largest absolute Gasteiger partial charge is 0.508 e. The van der Waals surface area contributed by atoms with Gasteiger partial charge in [0.25, 0.3) is 5.24 Å². The van der Waals surface area contributed by atoms with Crippen molar-refractivity contribution in [2.45, 2.75) is 32.4 Å². The summed E-state index contributed by atoms with van der Waals surface area (Å²) in [5.41, 5.74) is 3.86. The lowest BCUT2D eigenvalue weighted by atomic mass is 10.1. The van der Waals surface area contributed by atoms with Crippen LogP contribution in [0.15, 0.2) is 36.4 Å². The maximum absolute atomic E-state index is 12.7. The third-order valence-corrected chi connectivity index (χ3v) is 5.56. The van der Waals surface area contributed by atoms with Gasteiger partial charge >= 0.3 is 0 Å². The Hall–Kier alpha value is -2.80. The summed E-state index contributed by atoms with van der Waals surface area (Å²) in [7, 11) is 0. The summed E-state index contributed by atoms with van der Waals surface area (Å²) in [4.78, 5) is 38.5. The van der Waals surface area contributed by atoms with Crippen LogP contribution in [0.4, 0.5) is 16.2 Å². The molecule has 1 atom stereocenters. The minimum atomic E-state index is -0.753. The number of rotatable bonds is 4. The summed E-state index contributed by atoms with van der Waals surface area (Å²) in [6, 6.07) is 10.0. The smallest absolute Gasteiger partial charge is 0.293 e. The van der Waals surface area contributed by atoms with Crippen molar-refractivity contribution in [2.75, 3.05) is 10.2 Å².